The van der Waals surface area contributed by atoms with Gasteiger partial charge >= 0.3 is 0 Å². The molecule has 0 aliphatic carbocycles. The van der Waals surface area contributed by atoms with E-state index in [0.717, 1.165) is 11.1 Å². The molecule has 23 heavy (non-hydrogen) atoms. The lowest BCUT2D eigenvalue weighted by atomic mass is 10.0. The van der Waals surface area contributed by atoms with Crippen LogP contribution in [0.4, 0.5) is 0 Å². The number of carbonyl (C=O) groups excluding carboxylic acids is 1. The summed E-state index contributed by atoms with van der Waals surface area (Å²) >= 11 is 0. The second-order valence-corrected chi connectivity index (χ2v) is 5.86. The lowest BCUT2D eigenvalue weighted by Gasteiger charge is -2.29. The fourth-order valence-electron chi connectivity index (χ4n) is 2.60. The number of hydrogen-bond acceptors (Lipinski definition) is 5. The van der Waals surface area contributed by atoms with Gasteiger partial charge in [0, 0.05) is 13.5 Å². The molecule has 0 saturated heterocycles. The van der Waals surface area contributed by atoms with Crippen molar-refractivity contribution in [2.45, 2.75) is 33.4 Å². The Morgan fingerprint density at radius 1 is 1.30 bits per heavy atom. The lowest BCUT2D eigenvalue weighted by molar-refractivity contribution is -0.136. The van der Waals surface area contributed by atoms with E-state index in [1.165, 1.54) is 0 Å². The highest BCUT2D eigenvalue weighted by Gasteiger charge is 2.28. The Morgan fingerprint density at radius 3 is 2.57 bits per heavy atom. The quantitative estimate of drug-likeness (QED) is 0.818. The van der Waals surface area contributed by atoms with Crippen LogP contribution in [0.15, 0.2) is 28.8 Å². The maximum Gasteiger partial charge on any atom is 0.244 e. The third-order valence-corrected chi connectivity index (χ3v) is 3.70. The fourth-order valence-corrected chi connectivity index (χ4v) is 2.60. The molecule has 0 fully saturated rings. The van der Waals surface area contributed by atoms with Crippen molar-refractivity contribution in [2.24, 2.45) is 0 Å². The molecule has 124 valence electrons. The molecule has 0 aliphatic rings. The molecule has 0 spiro atoms. The van der Waals surface area contributed by atoms with E-state index in [1.54, 1.807) is 11.8 Å². The van der Waals surface area contributed by atoms with Gasteiger partial charge in [-0.2, -0.15) is 4.98 Å². The molecular formula is C17H24N4O2. The average molecular weight is 316 g/mol. The van der Waals surface area contributed by atoms with E-state index >= 15 is 0 Å². The smallest absolute Gasteiger partial charge is 0.244 e. The number of aryl methyl sites for hydroxylation is 2. The van der Waals surface area contributed by atoms with Crippen molar-refractivity contribution < 1.29 is 9.32 Å². The Hall–Kier alpha value is -2.21. The summed E-state index contributed by atoms with van der Waals surface area (Å²) in [6, 6.07) is 7.72. The van der Waals surface area contributed by atoms with Crippen LogP contribution in [0.5, 0.6) is 0 Å². The maximum atomic E-state index is 13.0. The highest BCUT2D eigenvalue weighted by atomic mass is 16.5. The first kappa shape index (κ1) is 17.1. The summed E-state index contributed by atoms with van der Waals surface area (Å²) in [7, 11) is 3.83. The third-order valence-electron chi connectivity index (χ3n) is 3.70. The Kier molecular flexibility index (Phi) is 5.50. The third kappa shape index (κ3) is 4.16. The van der Waals surface area contributed by atoms with Gasteiger partial charge in [0.2, 0.25) is 11.8 Å². The van der Waals surface area contributed by atoms with Crippen molar-refractivity contribution in [1.29, 1.82) is 0 Å². The van der Waals surface area contributed by atoms with Crippen LogP contribution in [-0.2, 0) is 11.3 Å². The molecule has 6 nitrogen and oxygen atoms in total. The summed E-state index contributed by atoms with van der Waals surface area (Å²) in [5.74, 6) is 1.07. The van der Waals surface area contributed by atoms with Crippen molar-refractivity contribution >= 4 is 5.91 Å². The van der Waals surface area contributed by atoms with Gasteiger partial charge in [-0.25, -0.2) is 0 Å². The molecular weight excluding hydrogens is 292 g/mol. The van der Waals surface area contributed by atoms with Gasteiger partial charge < -0.3 is 9.42 Å². The summed E-state index contributed by atoms with van der Waals surface area (Å²) in [6.07, 6.45) is 0. The Labute approximate surface area is 137 Å². The zero-order chi connectivity index (χ0) is 17.0. The van der Waals surface area contributed by atoms with Crippen LogP contribution < -0.4 is 0 Å². The van der Waals surface area contributed by atoms with E-state index in [1.807, 2.05) is 51.0 Å². The topological polar surface area (TPSA) is 62.5 Å². The lowest BCUT2D eigenvalue weighted by Crippen LogP contribution is -2.40. The monoisotopic (exact) mass is 316 g/mol. The predicted molar refractivity (Wildman–Crippen MR) is 87.7 cm³/mol. The molecule has 6 heteroatoms. The molecule has 0 bridgehead atoms. The number of benzene rings is 1. The molecule has 1 aromatic carbocycles. The van der Waals surface area contributed by atoms with Crippen molar-refractivity contribution in [3.05, 3.63) is 47.1 Å². The molecule has 0 N–H and O–H groups in total. The largest absolute Gasteiger partial charge is 0.340 e. The summed E-state index contributed by atoms with van der Waals surface area (Å²) in [5.41, 5.74) is 2.13. The minimum absolute atomic E-state index is 0.0329. The zero-order valence-electron chi connectivity index (χ0n) is 14.4. The summed E-state index contributed by atoms with van der Waals surface area (Å²) in [5, 5.41) is 3.88. The number of amides is 1. The SMILES string of the molecule is CCN(Cc1noc(C)n1)C(=O)[C@@H](c1cccc(C)c1)N(C)C. The van der Waals surface area contributed by atoms with Crippen LogP contribution in [-0.4, -0.2) is 46.5 Å². The van der Waals surface area contributed by atoms with Crippen molar-refractivity contribution in [2.75, 3.05) is 20.6 Å². The van der Waals surface area contributed by atoms with E-state index in [9.17, 15) is 4.79 Å². The number of hydrogen-bond donors (Lipinski definition) is 0. The van der Waals surface area contributed by atoms with E-state index in [0.29, 0.717) is 24.8 Å². The predicted octanol–water partition coefficient (Wildman–Crippen LogP) is 2.34. The van der Waals surface area contributed by atoms with Crippen LogP contribution in [0.2, 0.25) is 0 Å². The second kappa shape index (κ2) is 7.37. The number of carbonyl (C=O) groups is 1. The number of likely N-dealkylation sites (N-methyl/N-ethyl adjacent to an activating group) is 2. The average Bonchev–Trinajstić information content (AvgIpc) is 2.90. The second-order valence-electron chi connectivity index (χ2n) is 5.86. The molecule has 0 radical (unpaired) electrons. The molecule has 0 aliphatic heterocycles. The molecule has 0 unspecified atom stereocenters. The Morgan fingerprint density at radius 2 is 2.04 bits per heavy atom. The molecule has 1 amide bonds. The first-order valence-corrected chi connectivity index (χ1v) is 7.73. The standard InChI is InChI=1S/C17H24N4O2/c1-6-21(11-15-18-13(3)23-19-15)17(22)16(20(4)5)14-9-7-8-12(2)10-14/h7-10,16H,6,11H2,1-5H3/t16-/m1/s1. The Balaban J connectivity index is 2.24. The van der Waals surface area contributed by atoms with Crippen LogP contribution in [0.1, 0.15) is 35.8 Å². The highest BCUT2D eigenvalue weighted by Crippen LogP contribution is 2.22. The molecule has 1 heterocycles. The normalized spacial score (nSPS) is 12.4. The molecule has 0 saturated carbocycles. The van der Waals surface area contributed by atoms with Crippen molar-refractivity contribution in [3.8, 4) is 0 Å². The molecule has 2 aromatic rings. The molecule has 1 atom stereocenters. The number of aromatic nitrogens is 2. The van der Waals surface area contributed by atoms with Crippen molar-refractivity contribution in [3.63, 3.8) is 0 Å². The van der Waals surface area contributed by atoms with Gasteiger partial charge in [-0.15, -0.1) is 0 Å². The van der Waals surface area contributed by atoms with Gasteiger partial charge in [0.15, 0.2) is 5.82 Å². The van der Waals surface area contributed by atoms with Crippen LogP contribution >= 0.6 is 0 Å². The van der Waals surface area contributed by atoms with Gasteiger partial charge in [-0.05, 0) is 33.5 Å². The maximum absolute atomic E-state index is 13.0. The summed E-state index contributed by atoms with van der Waals surface area (Å²) in [6.45, 7) is 6.66. The first-order valence-electron chi connectivity index (χ1n) is 7.73. The van der Waals surface area contributed by atoms with Crippen LogP contribution in [0.25, 0.3) is 0 Å². The number of rotatable bonds is 6. The zero-order valence-corrected chi connectivity index (χ0v) is 14.4. The van der Waals surface area contributed by atoms with Gasteiger partial charge in [-0.3, -0.25) is 9.69 Å². The Bertz CT molecular complexity index is 666. The highest BCUT2D eigenvalue weighted by molar-refractivity contribution is 5.83. The minimum Gasteiger partial charge on any atom is -0.340 e. The van der Waals surface area contributed by atoms with Crippen molar-refractivity contribution in [1.82, 2.24) is 19.9 Å². The van der Waals surface area contributed by atoms with E-state index in [2.05, 4.69) is 16.2 Å². The first-order chi connectivity index (χ1) is 10.9. The summed E-state index contributed by atoms with van der Waals surface area (Å²) < 4.78 is 4.99. The minimum atomic E-state index is -0.331. The molecule has 1 aromatic heterocycles. The van der Waals surface area contributed by atoms with E-state index in [4.69, 9.17) is 4.52 Å². The van der Waals surface area contributed by atoms with Crippen LogP contribution in [0.3, 0.4) is 0 Å². The van der Waals surface area contributed by atoms with Crippen LogP contribution in [0, 0.1) is 13.8 Å². The fraction of sp³-hybridized carbons (Fsp3) is 0.471. The van der Waals surface area contributed by atoms with Gasteiger partial charge in [0.1, 0.15) is 6.04 Å². The number of nitrogens with zero attached hydrogens (tertiary/aromatic N) is 4. The van der Waals surface area contributed by atoms with Gasteiger partial charge in [-0.1, -0.05) is 35.0 Å². The molecule has 2 rings (SSSR count). The van der Waals surface area contributed by atoms with E-state index in [-0.39, 0.29) is 11.9 Å². The van der Waals surface area contributed by atoms with Gasteiger partial charge in [0.05, 0.1) is 6.54 Å². The van der Waals surface area contributed by atoms with E-state index < -0.39 is 0 Å². The summed E-state index contributed by atoms with van der Waals surface area (Å²) in [4.78, 5) is 20.9. The van der Waals surface area contributed by atoms with Gasteiger partial charge in [0.25, 0.3) is 0 Å².